The molecule has 0 radical (unpaired) electrons. The standard InChI is InChI=1S/C29H24FN7O2/c30-22-3-7-24(8-4-22)37-26(21-9-13-32-14-10-21)17-25(34-37)27(38)35-15-11-29(12-16-35)28(39)33-19-36(29)23-5-1-20(18-31)2-6-23/h1-10,13-14,17H,11-12,15-16,19H2,(H,33,39). The van der Waals surface area contributed by atoms with Crippen LogP contribution in [0.25, 0.3) is 16.9 Å². The quantitative estimate of drug-likeness (QED) is 0.441. The molecule has 2 aromatic heterocycles. The van der Waals surface area contributed by atoms with Crippen molar-refractivity contribution < 1.29 is 14.0 Å². The van der Waals surface area contributed by atoms with Crippen LogP contribution in [0.4, 0.5) is 10.1 Å². The van der Waals surface area contributed by atoms with Gasteiger partial charge in [0.2, 0.25) is 5.91 Å². The van der Waals surface area contributed by atoms with Crippen molar-refractivity contribution in [3.05, 3.63) is 96.2 Å². The number of amides is 2. The zero-order valence-corrected chi connectivity index (χ0v) is 20.9. The number of benzene rings is 2. The molecule has 10 heteroatoms. The summed E-state index contributed by atoms with van der Waals surface area (Å²) in [6.07, 6.45) is 4.24. The topological polar surface area (TPSA) is 107 Å². The van der Waals surface area contributed by atoms with E-state index in [-0.39, 0.29) is 23.3 Å². The predicted octanol–water partition coefficient (Wildman–Crippen LogP) is 3.51. The van der Waals surface area contributed by atoms with E-state index in [0.29, 0.717) is 49.5 Å². The second-order valence-electron chi connectivity index (χ2n) is 9.61. The van der Waals surface area contributed by atoms with Gasteiger partial charge in [0.05, 0.1) is 29.7 Å². The molecule has 0 atom stereocenters. The summed E-state index contributed by atoms with van der Waals surface area (Å²) in [7, 11) is 0. The van der Waals surface area contributed by atoms with E-state index in [1.165, 1.54) is 12.1 Å². The molecule has 2 amide bonds. The van der Waals surface area contributed by atoms with E-state index in [0.717, 1.165) is 11.3 Å². The second-order valence-corrected chi connectivity index (χ2v) is 9.61. The van der Waals surface area contributed by atoms with Crippen LogP contribution in [0.2, 0.25) is 0 Å². The summed E-state index contributed by atoms with van der Waals surface area (Å²) in [4.78, 5) is 34.5. The fourth-order valence-corrected chi connectivity index (χ4v) is 5.38. The Kier molecular flexibility index (Phi) is 6.04. The van der Waals surface area contributed by atoms with Gasteiger partial charge in [-0.25, -0.2) is 9.07 Å². The van der Waals surface area contributed by atoms with Crippen LogP contribution >= 0.6 is 0 Å². The van der Waals surface area contributed by atoms with Crippen LogP contribution in [0.5, 0.6) is 0 Å². The average Bonchev–Trinajstić information content (AvgIpc) is 3.56. The number of piperidine rings is 1. The number of hydrogen-bond donors (Lipinski definition) is 1. The van der Waals surface area contributed by atoms with Crippen LogP contribution in [0.15, 0.2) is 79.1 Å². The molecule has 0 unspecified atom stereocenters. The molecule has 4 aromatic rings. The maximum atomic E-state index is 13.6. The molecule has 1 N–H and O–H groups in total. The maximum Gasteiger partial charge on any atom is 0.274 e. The molecular formula is C29H24FN7O2. The molecule has 6 rings (SSSR count). The Balaban J connectivity index is 1.26. The summed E-state index contributed by atoms with van der Waals surface area (Å²) in [6, 6.07) is 20.6. The number of carbonyl (C=O) groups is 2. The number of carbonyl (C=O) groups excluding carboxylic acids is 2. The van der Waals surface area contributed by atoms with E-state index in [1.807, 2.05) is 29.2 Å². The minimum Gasteiger partial charge on any atom is -0.339 e. The Morgan fingerprint density at radius 3 is 2.31 bits per heavy atom. The van der Waals surface area contributed by atoms with E-state index >= 15 is 0 Å². The molecule has 0 bridgehead atoms. The first kappa shape index (κ1) is 24.3. The van der Waals surface area contributed by atoms with Gasteiger partial charge in [0.15, 0.2) is 5.69 Å². The van der Waals surface area contributed by atoms with Crippen molar-refractivity contribution in [2.75, 3.05) is 24.7 Å². The summed E-state index contributed by atoms with van der Waals surface area (Å²) in [5.74, 6) is -0.648. The number of anilines is 1. The highest BCUT2D eigenvalue weighted by Crippen LogP contribution is 2.37. The van der Waals surface area contributed by atoms with Crippen molar-refractivity contribution >= 4 is 17.5 Å². The highest BCUT2D eigenvalue weighted by atomic mass is 19.1. The summed E-state index contributed by atoms with van der Waals surface area (Å²) in [5.41, 5.74) is 3.04. The van der Waals surface area contributed by atoms with Crippen LogP contribution in [0, 0.1) is 17.1 Å². The van der Waals surface area contributed by atoms with Gasteiger partial charge in [0.1, 0.15) is 11.4 Å². The Hall–Kier alpha value is -5.04. The van der Waals surface area contributed by atoms with Crippen LogP contribution in [-0.4, -0.2) is 56.8 Å². The highest BCUT2D eigenvalue weighted by Gasteiger charge is 2.51. The van der Waals surface area contributed by atoms with E-state index in [2.05, 4.69) is 21.5 Å². The van der Waals surface area contributed by atoms with Crippen LogP contribution in [0.3, 0.4) is 0 Å². The van der Waals surface area contributed by atoms with Gasteiger partial charge in [-0.3, -0.25) is 14.6 Å². The first-order valence-corrected chi connectivity index (χ1v) is 12.6. The van der Waals surface area contributed by atoms with Crippen molar-refractivity contribution in [3.63, 3.8) is 0 Å². The molecule has 194 valence electrons. The van der Waals surface area contributed by atoms with Gasteiger partial charge < -0.3 is 15.1 Å². The van der Waals surface area contributed by atoms with Crippen molar-refractivity contribution in [1.29, 1.82) is 5.26 Å². The number of pyridine rings is 1. The summed E-state index contributed by atoms with van der Waals surface area (Å²) >= 11 is 0. The number of nitrogens with zero attached hydrogens (tertiary/aromatic N) is 6. The number of nitrogens with one attached hydrogen (secondary N) is 1. The van der Waals surface area contributed by atoms with Gasteiger partial charge in [-0.1, -0.05) is 0 Å². The Bertz CT molecular complexity index is 1570. The van der Waals surface area contributed by atoms with E-state index in [9.17, 15) is 14.0 Å². The first-order chi connectivity index (χ1) is 19.0. The molecule has 1 spiro atoms. The molecule has 2 saturated heterocycles. The van der Waals surface area contributed by atoms with Crippen LogP contribution in [0.1, 0.15) is 28.9 Å². The van der Waals surface area contributed by atoms with Gasteiger partial charge in [-0.05, 0) is 79.6 Å². The summed E-state index contributed by atoms with van der Waals surface area (Å²) < 4.78 is 15.2. The molecule has 4 heterocycles. The fraction of sp³-hybridized carbons (Fsp3) is 0.207. The molecule has 0 aliphatic carbocycles. The van der Waals surface area contributed by atoms with Crippen molar-refractivity contribution in [3.8, 4) is 23.0 Å². The summed E-state index contributed by atoms with van der Waals surface area (Å²) in [6.45, 7) is 1.14. The number of hydrogen-bond acceptors (Lipinski definition) is 6. The van der Waals surface area contributed by atoms with E-state index in [4.69, 9.17) is 5.26 Å². The third kappa shape index (κ3) is 4.28. The molecule has 2 aromatic carbocycles. The lowest BCUT2D eigenvalue weighted by atomic mass is 9.85. The average molecular weight is 522 g/mol. The fourth-order valence-electron chi connectivity index (χ4n) is 5.38. The molecular weight excluding hydrogens is 497 g/mol. The summed E-state index contributed by atoms with van der Waals surface area (Å²) in [5, 5.41) is 16.7. The van der Waals surface area contributed by atoms with Gasteiger partial charge in [0, 0.05) is 36.7 Å². The predicted molar refractivity (Wildman–Crippen MR) is 141 cm³/mol. The Morgan fingerprint density at radius 1 is 0.974 bits per heavy atom. The molecule has 0 saturated carbocycles. The molecule has 2 fully saturated rings. The SMILES string of the molecule is N#Cc1ccc(N2CNC(=O)C23CCN(C(=O)c2cc(-c4ccncc4)n(-c4ccc(F)cc4)n2)CC3)cc1. The highest BCUT2D eigenvalue weighted by molar-refractivity contribution is 5.96. The number of likely N-dealkylation sites (tertiary alicyclic amines) is 1. The zero-order valence-electron chi connectivity index (χ0n) is 20.9. The van der Waals surface area contributed by atoms with E-state index in [1.54, 1.807) is 52.3 Å². The number of nitriles is 1. The van der Waals surface area contributed by atoms with E-state index < -0.39 is 5.54 Å². The molecule has 39 heavy (non-hydrogen) atoms. The van der Waals surface area contributed by atoms with Crippen molar-refractivity contribution in [2.24, 2.45) is 0 Å². The maximum absolute atomic E-state index is 13.6. The first-order valence-electron chi connectivity index (χ1n) is 12.6. The minimum atomic E-state index is -0.763. The monoisotopic (exact) mass is 521 g/mol. The Morgan fingerprint density at radius 2 is 1.64 bits per heavy atom. The third-order valence-corrected chi connectivity index (χ3v) is 7.50. The van der Waals surface area contributed by atoms with Crippen molar-refractivity contribution in [1.82, 2.24) is 25.0 Å². The van der Waals surface area contributed by atoms with Gasteiger partial charge in [0.25, 0.3) is 5.91 Å². The van der Waals surface area contributed by atoms with Crippen LogP contribution in [-0.2, 0) is 4.79 Å². The minimum absolute atomic E-state index is 0.0560. The normalized spacial score (nSPS) is 16.3. The van der Waals surface area contributed by atoms with Gasteiger partial charge in [-0.15, -0.1) is 0 Å². The second kappa shape index (κ2) is 9.68. The Labute approximate surface area is 224 Å². The van der Waals surface area contributed by atoms with Gasteiger partial charge >= 0.3 is 0 Å². The van der Waals surface area contributed by atoms with Gasteiger partial charge in [-0.2, -0.15) is 10.4 Å². The smallest absolute Gasteiger partial charge is 0.274 e. The largest absolute Gasteiger partial charge is 0.339 e. The van der Waals surface area contributed by atoms with Crippen molar-refractivity contribution in [2.45, 2.75) is 18.4 Å². The molecule has 2 aliphatic heterocycles. The lowest BCUT2D eigenvalue weighted by molar-refractivity contribution is -0.124. The number of aromatic nitrogens is 3. The molecule has 2 aliphatic rings. The zero-order chi connectivity index (χ0) is 27.0. The lowest BCUT2D eigenvalue weighted by Crippen LogP contribution is -2.57. The van der Waals surface area contributed by atoms with Crippen LogP contribution < -0.4 is 10.2 Å². The number of halogens is 1. The molecule has 9 nitrogen and oxygen atoms in total. The lowest BCUT2D eigenvalue weighted by Gasteiger charge is -2.43. The third-order valence-electron chi connectivity index (χ3n) is 7.50. The number of rotatable bonds is 4.